The number of nitrogens with zero attached hydrogens (tertiary/aromatic N) is 1. The molecular weight excluding hydrogens is 270 g/mol. The van der Waals surface area contributed by atoms with Crippen molar-refractivity contribution in [1.29, 1.82) is 0 Å². The third kappa shape index (κ3) is 4.36. The number of hydrogen-bond acceptors (Lipinski definition) is 4. The van der Waals surface area contributed by atoms with E-state index in [0.717, 1.165) is 18.6 Å². The Morgan fingerprint density at radius 2 is 1.95 bits per heavy atom. The lowest BCUT2D eigenvalue weighted by molar-refractivity contribution is -0.143. The summed E-state index contributed by atoms with van der Waals surface area (Å²) < 4.78 is 11.3. The minimum Gasteiger partial charge on any atom is -0.490 e. The molecule has 2 rings (SSSR count). The van der Waals surface area contributed by atoms with Crippen LogP contribution in [0.4, 0.5) is 0 Å². The maximum absolute atomic E-state index is 11.1. The summed E-state index contributed by atoms with van der Waals surface area (Å²) in [5.74, 6) is 0.652. The van der Waals surface area contributed by atoms with E-state index in [2.05, 4.69) is 0 Å². The lowest BCUT2D eigenvalue weighted by Crippen LogP contribution is -2.42. The fourth-order valence-electron chi connectivity index (χ4n) is 2.35. The second kappa shape index (κ2) is 7.31. The SMILES string of the molecule is CCOc1ccccc1OCCN(C1CC1)C(C)C(=O)O. The summed E-state index contributed by atoms with van der Waals surface area (Å²) in [4.78, 5) is 13.1. The Morgan fingerprint density at radius 1 is 1.33 bits per heavy atom. The van der Waals surface area contributed by atoms with Crippen molar-refractivity contribution < 1.29 is 19.4 Å². The van der Waals surface area contributed by atoms with E-state index in [1.165, 1.54) is 0 Å². The second-order valence-electron chi connectivity index (χ2n) is 5.21. The van der Waals surface area contributed by atoms with Crippen molar-refractivity contribution in [3.05, 3.63) is 24.3 Å². The zero-order chi connectivity index (χ0) is 15.2. The maximum atomic E-state index is 11.1. The Labute approximate surface area is 125 Å². The maximum Gasteiger partial charge on any atom is 0.320 e. The van der Waals surface area contributed by atoms with Gasteiger partial charge in [0.2, 0.25) is 0 Å². The largest absolute Gasteiger partial charge is 0.490 e. The number of para-hydroxylation sites is 2. The Morgan fingerprint density at radius 3 is 2.48 bits per heavy atom. The summed E-state index contributed by atoms with van der Waals surface area (Å²) in [6.45, 7) is 5.32. The Kier molecular flexibility index (Phi) is 5.44. The average Bonchev–Trinajstić information content (AvgIpc) is 3.29. The third-order valence-corrected chi connectivity index (χ3v) is 3.63. The highest BCUT2D eigenvalue weighted by atomic mass is 16.5. The molecule has 1 N–H and O–H groups in total. The molecule has 0 radical (unpaired) electrons. The Hall–Kier alpha value is -1.75. The molecule has 1 aromatic carbocycles. The first-order valence-corrected chi connectivity index (χ1v) is 7.46. The van der Waals surface area contributed by atoms with Crippen LogP contribution in [-0.4, -0.2) is 47.8 Å². The van der Waals surface area contributed by atoms with Crippen LogP contribution in [0.15, 0.2) is 24.3 Å². The van der Waals surface area contributed by atoms with Crippen LogP contribution < -0.4 is 9.47 Å². The van der Waals surface area contributed by atoms with Crippen molar-refractivity contribution in [2.24, 2.45) is 0 Å². The molecule has 21 heavy (non-hydrogen) atoms. The fourth-order valence-corrected chi connectivity index (χ4v) is 2.35. The van der Waals surface area contributed by atoms with E-state index in [1.807, 2.05) is 36.1 Å². The topological polar surface area (TPSA) is 59.0 Å². The van der Waals surface area contributed by atoms with Gasteiger partial charge in [-0.25, -0.2) is 0 Å². The van der Waals surface area contributed by atoms with Crippen LogP contribution in [0.2, 0.25) is 0 Å². The van der Waals surface area contributed by atoms with Crippen LogP contribution in [0.3, 0.4) is 0 Å². The Bertz CT molecular complexity index is 473. The van der Waals surface area contributed by atoms with Gasteiger partial charge in [0.25, 0.3) is 0 Å². The van der Waals surface area contributed by atoms with Gasteiger partial charge in [0.05, 0.1) is 6.61 Å². The first-order valence-electron chi connectivity index (χ1n) is 7.46. The number of rotatable bonds is 9. The van der Waals surface area contributed by atoms with E-state index in [4.69, 9.17) is 14.6 Å². The van der Waals surface area contributed by atoms with Crippen LogP contribution in [0.1, 0.15) is 26.7 Å². The van der Waals surface area contributed by atoms with Crippen LogP contribution in [0.25, 0.3) is 0 Å². The van der Waals surface area contributed by atoms with Crippen LogP contribution in [0.5, 0.6) is 11.5 Å². The minimum atomic E-state index is -0.781. The molecule has 0 aliphatic heterocycles. The van der Waals surface area contributed by atoms with Gasteiger partial charge in [0.1, 0.15) is 12.6 Å². The van der Waals surface area contributed by atoms with Gasteiger partial charge in [-0.2, -0.15) is 0 Å². The van der Waals surface area contributed by atoms with Gasteiger partial charge in [-0.05, 0) is 38.8 Å². The molecule has 5 heteroatoms. The van der Waals surface area contributed by atoms with E-state index in [9.17, 15) is 4.79 Å². The molecule has 5 nitrogen and oxygen atoms in total. The van der Waals surface area contributed by atoms with Crippen LogP contribution in [0, 0.1) is 0 Å². The number of carboxylic acid groups (broad SMARTS) is 1. The van der Waals surface area contributed by atoms with Crippen LogP contribution in [-0.2, 0) is 4.79 Å². The normalized spacial score (nSPS) is 15.8. The molecule has 0 heterocycles. The van der Waals surface area contributed by atoms with Crippen molar-refractivity contribution >= 4 is 5.97 Å². The molecule has 1 fully saturated rings. The summed E-state index contributed by atoms with van der Waals surface area (Å²) in [5, 5.41) is 9.16. The molecule has 1 aromatic rings. The summed E-state index contributed by atoms with van der Waals surface area (Å²) in [6, 6.07) is 7.46. The predicted octanol–water partition coefficient (Wildman–Crippen LogP) is 2.40. The standard InChI is InChI=1S/C16H23NO4/c1-3-20-14-6-4-5-7-15(14)21-11-10-17(13-8-9-13)12(2)16(18)19/h4-7,12-13H,3,8-11H2,1-2H3,(H,18,19). The zero-order valence-electron chi connectivity index (χ0n) is 12.6. The monoisotopic (exact) mass is 293 g/mol. The summed E-state index contributed by atoms with van der Waals surface area (Å²) in [5.41, 5.74) is 0. The fraction of sp³-hybridized carbons (Fsp3) is 0.562. The van der Waals surface area contributed by atoms with E-state index in [1.54, 1.807) is 6.92 Å². The second-order valence-corrected chi connectivity index (χ2v) is 5.21. The van der Waals surface area contributed by atoms with Gasteiger partial charge >= 0.3 is 5.97 Å². The molecule has 1 unspecified atom stereocenters. The summed E-state index contributed by atoms with van der Waals surface area (Å²) in [6.07, 6.45) is 2.15. The van der Waals surface area contributed by atoms with Crippen molar-refractivity contribution in [2.45, 2.75) is 38.8 Å². The van der Waals surface area contributed by atoms with Gasteiger partial charge < -0.3 is 14.6 Å². The van der Waals surface area contributed by atoms with E-state index in [0.29, 0.717) is 31.5 Å². The molecule has 0 spiro atoms. The highest BCUT2D eigenvalue weighted by Gasteiger charge is 2.34. The van der Waals surface area contributed by atoms with E-state index < -0.39 is 12.0 Å². The first kappa shape index (κ1) is 15.6. The molecule has 0 aromatic heterocycles. The van der Waals surface area contributed by atoms with Gasteiger partial charge in [-0.15, -0.1) is 0 Å². The highest BCUT2D eigenvalue weighted by Crippen LogP contribution is 2.29. The smallest absolute Gasteiger partial charge is 0.320 e. The number of carboxylic acids is 1. The van der Waals surface area contributed by atoms with Gasteiger partial charge in [0.15, 0.2) is 11.5 Å². The lowest BCUT2D eigenvalue weighted by atomic mass is 10.2. The molecule has 0 amide bonds. The molecule has 1 atom stereocenters. The first-order chi connectivity index (χ1) is 10.1. The summed E-state index contributed by atoms with van der Waals surface area (Å²) >= 11 is 0. The van der Waals surface area contributed by atoms with Crippen molar-refractivity contribution in [3.63, 3.8) is 0 Å². The minimum absolute atomic E-state index is 0.391. The van der Waals surface area contributed by atoms with Gasteiger partial charge in [-0.3, -0.25) is 9.69 Å². The summed E-state index contributed by atoms with van der Waals surface area (Å²) in [7, 11) is 0. The van der Waals surface area contributed by atoms with E-state index in [-0.39, 0.29) is 0 Å². The van der Waals surface area contributed by atoms with Crippen molar-refractivity contribution in [3.8, 4) is 11.5 Å². The quantitative estimate of drug-likeness (QED) is 0.757. The van der Waals surface area contributed by atoms with E-state index >= 15 is 0 Å². The third-order valence-electron chi connectivity index (χ3n) is 3.63. The van der Waals surface area contributed by atoms with Crippen molar-refractivity contribution in [1.82, 2.24) is 4.90 Å². The Balaban J connectivity index is 1.89. The van der Waals surface area contributed by atoms with Crippen molar-refractivity contribution in [2.75, 3.05) is 19.8 Å². The molecule has 116 valence electrons. The lowest BCUT2D eigenvalue weighted by Gasteiger charge is -2.26. The molecule has 1 aliphatic rings. The molecular formula is C16H23NO4. The average molecular weight is 293 g/mol. The number of aliphatic carboxylic acids is 1. The molecule has 0 saturated heterocycles. The van der Waals surface area contributed by atoms with Crippen LogP contribution >= 0.6 is 0 Å². The van der Waals surface area contributed by atoms with Gasteiger partial charge in [-0.1, -0.05) is 12.1 Å². The van der Waals surface area contributed by atoms with Gasteiger partial charge in [0, 0.05) is 12.6 Å². The highest BCUT2D eigenvalue weighted by molar-refractivity contribution is 5.73. The predicted molar refractivity (Wildman–Crippen MR) is 79.9 cm³/mol. The molecule has 1 aliphatic carbocycles. The number of carbonyl (C=O) groups is 1. The zero-order valence-corrected chi connectivity index (χ0v) is 12.6. The molecule has 1 saturated carbocycles. The number of ether oxygens (including phenoxy) is 2. The molecule has 0 bridgehead atoms. The number of hydrogen-bond donors (Lipinski definition) is 1. The number of benzene rings is 1.